The molecule has 0 fully saturated rings. The molecule has 3 heteroatoms. The maximum absolute atomic E-state index is 5.61. The van der Waals surface area contributed by atoms with Crippen LogP contribution in [0, 0.1) is 6.92 Å². The van der Waals surface area contributed by atoms with Crippen molar-refractivity contribution in [2.24, 2.45) is 0 Å². The highest BCUT2D eigenvalue weighted by Crippen LogP contribution is 2.32. The molecule has 0 bridgehead atoms. The van der Waals surface area contributed by atoms with E-state index < -0.39 is 0 Å². The Morgan fingerprint density at radius 2 is 1.92 bits per heavy atom. The van der Waals surface area contributed by atoms with E-state index >= 15 is 0 Å². The fourth-order valence-electron chi connectivity index (χ4n) is 2.68. The molecule has 0 aliphatic rings. The van der Waals surface area contributed by atoms with Crippen LogP contribution in [0.15, 0.2) is 48.5 Å². The van der Waals surface area contributed by atoms with Gasteiger partial charge >= 0.3 is 0 Å². The average Bonchev–Trinajstić information content (AvgIpc) is 2.60. The Hall–Kier alpha value is -2.81. The predicted octanol–water partition coefficient (Wildman–Crippen LogP) is 5.12. The van der Waals surface area contributed by atoms with Gasteiger partial charge in [0.15, 0.2) is 11.5 Å². The van der Waals surface area contributed by atoms with Crippen LogP contribution in [0.4, 0.5) is 0 Å². The van der Waals surface area contributed by atoms with Crippen molar-refractivity contribution in [1.82, 2.24) is 4.98 Å². The summed E-state index contributed by atoms with van der Waals surface area (Å²) < 4.78 is 11.1. The third-order valence-corrected chi connectivity index (χ3v) is 3.81. The first-order valence-corrected chi connectivity index (χ1v) is 8.06. The molecule has 0 unspecified atom stereocenters. The van der Waals surface area contributed by atoms with Crippen molar-refractivity contribution in [1.29, 1.82) is 0 Å². The molecule has 3 nitrogen and oxygen atoms in total. The molecule has 0 radical (unpaired) electrons. The minimum Gasteiger partial charge on any atom is -0.492 e. The van der Waals surface area contributed by atoms with Gasteiger partial charge in [-0.2, -0.15) is 0 Å². The molecule has 3 rings (SSSR count). The summed E-state index contributed by atoms with van der Waals surface area (Å²) >= 11 is 0. The highest BCUT2D eigenvalue weighted by Gasteiger charge is 2.07. The van der Waals surface area contributed by atoms with E-state index in [4.69, 9.17) is 9.47 Å². The van der Waals surface area contributed by atoms with Crippen LogP contribution in [-0.4, -0.2) is 18.7 Å². The molecule has 3 aromatic rings. The molecule has 0 saturated heterocycles. The Balaban J connectivity index is 1.93. The number of para-hydroxylation sites is 1. The number of fused-ring (bicyclic) bond motifs is 1. The number of hydrogen-bond acceptors (Lipinski definition) is 3. The molecule has 1 heterocycles. The third kappa shape index (κ3) is 3.40. The predicted molar refractivity (Wildman–Crippen MR) is 99.6 cm³/mol. The first-order chi connectivity index (χ1) is 11.7. The van der Waals surface area contributed by atoms with E-state index in [1.807, 2.05) is 43.3 Å². The number of methoxy groups -OCH3 is 1. The monoisotopic (exact) mass is 319 g/mol. The molecule has 0 aliphatic heterocycles. The lowest BCUT2D eigenvalue weighted by atomic mass is 10.1. The van der Waals surface area contributed by atoms with Crippen molar-refractivity contribution < 1.29 is 9.47 Å². The maximum atomic E-state index is 5.61. The summed E-state index contributed by atoms with van der Waals surface area (Å²) in [5.74, 6) is 1.50. The van der Waals surface area contributed by atoms with Crippen LogP contribution < -0.4 is 9.47 Å². The second-order valence-electron chi connectivity index (χ2n) is 5.58. The summed E-state index contributed by atoms with van der Waals surface area (Å²) in [5, 5.41) is 1.16. The van der Waals surface area contributed by atoms with E-state index in [9.17, 15) is 0 Å². The van der Waals surface area contributed by atoms with E-state index in [2.05, 4.69) is 36.2 Å². The molecule has 2 aromatic carbocycles. The van der Waals surface area contributed by atoms with Crippen molar-refractivity contribution in [2.75, 3.05) is 13.7 Å². The van der Waals surface area contributed by atoms with Gasteiger partial charge in [0.1, 0.15) is 0 Å². The summed E-state index contributed by atoms with van der Waals surface area (Å²) in [5.41, 5.74) is 4.12. The van der Waals surface area contributed by atoms with Gasteiger partial charge in [-0.15, -0.1) is 0 Å². The van der Waals surface area contributed by atoms with Crippen LogP contribution in [-0.2, 0) is 0 Å². The standard InChI is InChI=1S/C21H21NO2/c1-4-24-20-7-5-6-16(21(20)23-3)9-11-18-12-10-17-14-15(2)8-13-19(17)22-18/h5-14H,4H2,1-3H3/b11-9+. The second kappa shape index (κ2) is 7.18. The van der Waals surface area contributed by atoms with Crippen molar-refractivity contribution in [3.05, 3.63) is 65.4 Å². The Morgan fingerprint density at radius 3 is 2.71 bits per heavy atom. The molecule has 24 heavy (non-hydrogen) atoms. The number of aryl methyl sites for hydroxylation is 1. The molecular formula is C21H21NO2. The third-order valence-electron chi connectivity index (χ3n) is 3.81. The van der Waals surface area contributed by atoms with E-state index in [0.29, 0.717) is 6.61 Å². The van der Waals surface area contributed by atoms with Crippen molar-refractivity contribution in [2.45, 2.75) is 13.8 Å². The van der Waals surface area contributed by atoms with Crippen molar-refractivity contribution >= 4 is 23.1 Å². The lowest BCUT2D eigenvalue weighted by molar-refractivity contribution is 0.310. The number of ether oxygens (including phenoxy) is 2. The molecule has 0 N–H and O–H groups in total. The Morgan fingerprint density at radius 1 is 1.04 bits per heavy atom. The zero-order chi connectivity index (χ0) is 16.9. The van der Waals surface area contributed by atoms with E-state index in [1.165, 1.54) is 5.56 Å². The average molecular weight is 319 g/mol. The number of rotatable bonds is 5. The lowest BCUT2D eigenvalue weighted by Crippen LogP contribution is -1.96. The van der Waals surface area contributed by atoms with Gasteiger partial charge in [-0.1, -0.05) is 29.8 Å². The van der Waals surface area contributed by atoms with Gasteiger partial charge < -0.3 is 9.47 Å². The van der Waals surface area contributed by atoms with Crippen molar-refractivity contribution in [3.63, 3.8) is 0 Å². The summed E-state index contributed by atoms with van der Waals surface area (Å²) in [7, 11) is 1.66. The number of benzene rings is 2. The molecule has 1 aromatic heterocycles. The SMILES string of the molecule is CCOc1cccc(/C=C/c2ccc3cc(C)ccc3n2)c1OC. The topological polar surface area (TPSA) is 31.4 Å². The zero-order valence-corrected chi connectivity index (χ0v) is 14.2. The number of pyridine rings is 1. The number of nitrogens with zero attached hydrogens (tertiary/aromatic N) is 1. The van der Waals surface area contributed by atoms with Crippen LogP contribution in [0.25, 0.3) is 23.1 Å². The number of hydrogen-bond donors (Lipinski definition) is 0. The Labute approximate surface area is 142 Å². The van der Waals surface area contributed by atoms with E-state index in [-0.39, 0.29) is 0 Å². The van der Waals surface area contributed by atoms with Gasteiger partial charge in [-0.25, -0.2) is 4.98 Å². The van der Waals surface area contributed by atoms with Crippen LogP contribution in [0.2, 0.25) is 0 Å². The minimum absolute atomic E-state index is 0.606. The number of aromatic nitrogens is 1. The molecule has 0 aliphatic carbocycles. The van der Waals surface area contributed by atoms with E-state index in [0.717, 1.165) is 33.7 Å². The second-order valence-corrected chi connectivity index (χ2v) is 5.58. The summed E-state index contributed by atoms with van der Waals surface area (Å²) in [6.07, 6.45) is 4.00. The van der Waals surface area contributed by atoms with Crippen LogP contribution in [0.1, 0.15) is 23.7 Å². The molecule has 0 atom stereocenters. The first kappa shape index (κ1) is 16.1. The van der Waals surface area contributed by atoms with Crippen LogP contribution in [0.3, 0.4) is 0 Å². The van der Waals surface area contributed by atoms with Gasteiger partial charge in [0.25, 0.3) is 0 Å². The van der Waals surface area contributed by atoms with E-state index in [1.54, 1.807) is 7.11 Å². The molecular weight excluding hydrogens is 298 g/mol. The molecule has 0 saturated carbocycles. The quantitative estimate of drug-likeness (QED) is 0.654. The summed E-state index contributed by atoms with van der Waals surface area (Å²) in [4.78, 5) is 4.69. The van der Waals surface area contributed by atoms with Gasteiger partial charge in [-0.05, 0) is 50.3 Å². The Kier molecular flexibility index (Phi) is 4.80. The molecule has 122 valence electrons. The lowest BCUT2D eigenvalue weighted by Gasteiger charge is -2.11. The van der Waals surface area contributed by atoms with Crippen LogP contribution >= 0.6 is 0 Å². The van der Waals surface area contributed by atoms with Gasteiger partial charge in [0.2, 0.25) is 0 Å². The van der Waals surface area contributed by atoms with Gasteiger partial charge in [0.05, 0.1) is 24.9 Å². The van der Waals surface area contributed by atoms with Crippen molar-refractivity contribution in [3.8, 4) is 11.5 Å². The largest absolute Gasteiger partial charge is 0.492 e. The van der Waals surface area contributed by atoms with Gasteiger partial charge in [0, 0.05) is 10.9 Å². The fourth-order valence-corrected chi connectivity index (χ4v) is 2.68. The summed E-state index contributed by atoms with van der Waals surface area (Å²) in [6, 6.07) is 16.3. The Bertz CT molecular complexity index is 884. The highest BCUT2D eigenvalue weighted by atomic mass is 16.5. The van der Waals surface area contributed by atoms with Gasteiger partial charge in [-0.3, -0.25) is 0 Å². The normalized spacial score (nSPS) is 11.1. The first-order valence-electron chi connectivity index (χ1n) is 8.06. The fraction of sp³-hybridized carbons (Fsp3) is 0.190. The molecule has 0 spiro atoms. The zero-order valence-electron chi connectivity index (χ0n) is 14.2. The van der Waals surface area contributed by atoms with Crippen LogP contribution in [0.5, 0.6) is 11.5 Å². The smallest absolute Gasteiger partial charge is 0.167 e. The summed E-state index contributed by atoms with van der Waals surface area (Å²) in [6.45, 7) is 4.66. The highest BCUT2D eigenvalue weighted by molar-refractivity contribution is 5.82. The minimum atomic E-state index is 0.606. The molecule has 0 amide bonds. The maximum Gasteiger partial charge on any atom is 0.167 e.